The number of rotatable bonds is 9. The van der Waals surface area contributed by atoms with E-state index in [1.54, 1.807) is 0 Å². The molecular weight excluding hydrogens is 420 g/mol. The van der Waals surface area contributed by atoms with Crippen LogP contribution in [0.15, 0.2) is 23.8 Å². The van der Waals surface area contributed by atoms with Crippen molar-refractivity contribution in [3.63, 3.8) is 0 Å². The molecule has 4 aliphatic rings. The van der Waals surface area contributed by atoms with Crippen LogP contribution in [0.2, 0.25) is 0 Å². The quantitative estimate of drug-likeness (QED) is 0.155. The molecule has 0 unspecified atom stereocenters. The van der Waals surface area contributed by atoms with Gasteiger partial charge in [-0.3, -0.25) is 9.59 Å². The second-order valence-electron chi connectivity index (χ2n) is 11.5. The van der Waals surface area contributed by atoms with Crippen molar-refractivity contribution in [3.05, 3.63) is 23.8 Å². The molecule has 0 aliphatic heterocycles. The summed E-state index contributed by atoms with van der Waals surface area (Å²) in [6, 6.07) is 0. The molecule has 0 bridgehead atoms. The standard InChI is InChI=1S/C31H44O3/c1-5-8-9-10-11-12-13-28(33)34-31(7-3)19-18-27-26-16-14-23-20-24(32)15-17-25(23)29(26)22(4)21-30(27,31)6-2/h3,20,25-27,29H,4-6,8-19,21H2,1-2H3/t25-,26-,27-,29+,30-,31-/m0/s1. The number of allylic oxidation sites excluding steroid dienone is 2. The molecule has 0 heterocycles. The normalized spacial score (nSPS) is 36.7. The Morgan fingerprint density at radius 1 is 1.15 bits per heavy atom. The van der Waals surface area contributed by atoms with Gasteiger partial charge >= 0.3 is 5.97 Å². The number of esters is 1. The predicted octanol–water partition coefficient (Wildman–Crippen LogP) is 7.35. The van der Waals surface area contributed by atoms with Gasteiger partial charge in [-0.05, 0) is 81.1 Å². The first-order valence-corrected chi connectivity index (χ1v) is 14.0. The van der Waals surface area contributed by atoms with Crippen LogP contribution in [0.25, 0.3) is 0 Å². The average molecular weight is 465 g/mol. The van der Waals surface area contributed by atoms with E-state index < -0.39 is 5.60 Å². The molecular formula is C31H44O3. The molecule has 3 saturated carbocycles. The van der Waals surface area contributed by atoms with Crippen LogP contribution < -0.4 is 0 Å². The van der Waals surface area contributed by atoms with Gasteiger partial charge in [-0.25, -0.2) is 0 Å². The Morgan fingerprint density at radius 2 is 1.91 bits per heavy atom. The van der Waals surface area contributed by atoms with Crippen molar-refractivity contribution in [2.75, 3.05) is 0 Å². The number of hydrogen-bond donors (Lipinski definition) is 0. The van der Waals surface area contributed by atoms with Gasteiger partial charge in [-0.1, -0.05) is 69.6 Å². The smallest absolute Gasteiger partial charge is 0.307 e. The number of hydrogen-bond acceptors (Lipinski definition) is 3. The Bertz CT molecular complexity index is 876. The van der Waals surface area contributed by atoms with Crippen molar-refractivity contribution in [2.45, 2.75) is 116 Å². The molecule has 3 nitrogen and oxygen atoms in total. The molecule has 0 amide bonds. The maximum Gasteiger partial charge on any atom is 0.307 e. The van der Waals surface area contributed by atoms with Gasteiger partial charge in [0.1, 0.15) is 0 Å². The monoisotopic (exact) mass is 464 g/mol. The number of terminal acetylenes is 1. The van der Waals surface area contributed by atoms with Crippen molar-refractivity contribution < 1.29 is 14.3 Å². The van der Waals surface area contributed by atoms with Crippen molar-refractivity contribution in [1.29, 1.82) is 0 Å². The summed E-state index contributed by atoms with van der Waals surface area (Å²) in [5, 5.41) is 0. The van der Waals surface area contributed by atoms with Crippen molar-refractivity contribution in [3.8, 4) is 12.3 Å². The number of fused-ring (bicyclic) bond motifs is 5. The van der Waals surface area contributed by atoms with E-state index in [1.165, 1.54) is 36.8 Å². The lowest BCUT2D eigenvalue weighted by atomic mass is 9.48. The molecule has 3 fully saturated rings. The van der Waals surface area contributed by atoms with Crippen LogP contribution in [0, 0.1) is 41.4 Å². The van der Waals surface area contributed by atoms with Gasteiger partial charge in [0.15, 0.2) is 11.4 Å². The maximum atomic E-state index is 13.0. The first-order valence-electron chi connectivity index (χ1n) is 14.0. The molecule has 6 atom stereocenters. The van der Waals surface area contributed by atoms with E-state index in [1.807, 2.05) is 6.08 Å². The summed E-state index contributed by atoms with van der Waals surface area (Å²) >= 11 is 0. The molecule has 0 saturated heterocycles. The fraction of sp³-hybridized carbons (Fsp3) is 0.742. The number of carbonyl (C=O) groups is 2. The molecule has 0 spiro atoms. The molecule has 4 rings (SSSR count). The van der Waals surface area contributed by atoms with Gasteiger partial charge in [0, 0.05) is 18.3 Å². The van der Waals surface area contributed by atoms with Gasteiger partial charge in [0.05, 0.1) is 0 Å². The topological polar surface area (TPSA) is 43.4 Å². The Kier molecular flexibility index (Phi) is 7.75. The highest BCUT2D eigenvalue weighted by Crippen LogP contribution is 2.68. The number of unbranched alkanes of at least 4 members (excludes halogenated alkanes) is 5. The summed E-state index contributed by atoms with van der Waals surface area (Å²) in [6.07, 6.45) is 22.8. The molecule has 34 heavy (non-hydrogen) atoms. The molecule has 0 aromatic carbocycles. The molecule has 0 aromatic heterocycles. The lowest BCUT2D eigenvalue weighted by Gasteiger charge is -2.57. The Balaban J connectivity index is 1.50. The zero-order valence-corrected chi connectivity index (χ0v) is 21.5. The van der Waals surface area contributed by atoms with Crippen LogP contribution in [-0.4, -0.2) is 17.4 Å². The summed E-state index contributed by atoms with van der Waals surface area (Å²) in [6.45, 7) is 9.05. The zero-order valence-electron chi connectivity index (χ0n) is 21.5. The van der Waals surface area contributed by atoms with E-state index >= 15 is 0 Å². The predicted molar refractivity (Wildman–Crippen MR) is 137 cm³/mol. The summed E-state index contributed by atoms with van der Waals surface area (Å²) in [4.78, 5) is 25.0. The Morgan fingerprint density at radius 3 is 2.65 bits per heavy atom. The Hall–Kier alpha value is -1.82. The Labute approximate surface area is 207 Å². The number of ketones is 1. The van der Waals surface area contributed by atoms with Crippen LogP contribution in [0.1, 0.15) is 110 Å². The highest BCUT2D eigenvalue weighted by molar-refractivity contribution is 5.91. The molecule has 3 heteroatoms. The van der Waals surface area contributed by atoms with E-state index in [-0.39, 0.29) is 11.4 Å². The largest absolute Gasteiger partial charge is 0.445 e. The lowest BCUT2D eigenvalue weighted by molar-refractivity contribution is -0.170. The average Bonchev–Trinajstić information content (AvgIpc) is 3.15. The fourth-order valence-electron chi connectivity index (χ4n) is 8.36. The summed E-state index contributed by atoms with van der Waals surface area (Å²) in [7, 11) is 0. The van der Waals surface area contributed by atoms with Gasteiger partial charge in [0.25, 0.3) is 0 Å². The minimum Gasteiger partial charge on any atom is -0.445 e. The van der Waals surface area contributed by atoms with Crippen molar-refractivity contribution in [1.82, 2.24) is 0 Å². The van der Waals surface area contributed by atoms with Crippen LogP contribution >= 0.6 is 0 Å². The third kappa shape index (κ3) is 4.31. The van der Waals surface area contributed by atoms with Gasteiger partial charge < -0.3 is 4.74 Å². The molecule has 4 aliphatic carbocycles. The van der Waals surface area contributed by atoms with Gasteiger partial charge in [0.2, 0.25) is 0 Å². The zero-order chi connectivity index (χ0) is 24.3. The summed E-state index contributed by atoms with van der Waals surface area (Å²) in [5.74, 6) is 5.14. The van der Waals surface area contributed by atoms with Crippen LogP contribution in [0.3, 0.4) is 0 Å². The molecule has 0 N–H and O–H groups in total. The summed E-state index contributed by atoms with van der Waals surface area (Å²) in [5.41, 5.74) is 1.62. The maximum absolute atomic E-state index is 13.0. The second-order valence-corrected chi connectivity index (χ2v) is 11.5. The first kappa shape index (κ1) is 25.3. The van der Waals surface area contributed by atoms with Crippen LogP contribution in [0.5, 0.6) is 0 Å². The second kappa shape index (κ2) is 10.4. The van der Waals surface area contributed by atoms with Gasteiger partial charge in [-0.2, -0.15) is 0 Å². The fourth-order valence-corrected chi connectivity index (χ4v) is 8.36. The highest BCUT2D eigenvalue weighted by atomic mass is 16.6. The number of carbonyl (C=O) groups excluding carboxylic acids is 2. The molecule has 186 valence electrons. The van der Waals surface area contributed by atoms with Gasteiger partial charge in [-0.15, -0.1) is 6.42 Å². The van der Waals surface area contributed by atoms with E-state index in [9.17, 15) is 9.59 Å². The van der Waals surface area contributed by atoms with E-state index in [4.69, 9.17) is 11.2 Å². The highest BCUT2D eigenvalue weighted by Gasteiger charge is 2.66. The molecule has 0 aromatic rings. The van der Waals surface area contributed by atoms with Crippen LogP contribution in [0.4, 0.5) is 0 Å². The van der Waals surface area contributed by atoms with Crippen molar-refractivity contribution >= 4 is 11.8 Å². The van der Waals surface area contributed by atoms with E-state index in [0.29, 0.717) is 42.3 Å². The van der Waals surface area contributed by atoms with Crippen LogP contribution in [-0.2, 0) is 14.3 Å². The summed E-state index contributed by atoms with van der Waals surface area (Å²) < 4.78 is 6.32. The van der Waals surface area contributed by atoms with E-state index in [2.05, 4.69) is 26.3 Å². The molecule has 0 radical (unpaired) electrons. The SMILES string of the molecule is C#C[C@]1(OC(=O)CCCCCCCC)CC[C@H]2[C@@H]3CCC4=CC(=O)CC[C@@H]4[C@H]3C(=C)C[C@@]21CC. The van der Waals surface area contributed by atoms with Crippen molar-refractivity contribution in [2.24, 2.45) is 29.1 Å². The number of ether oxygens (including phenoxy) is 1. The first-order chi connectivity index (χ1) is 16.4. The lowest BCUT2D eigenvalue weighted by Crippen LogP contribution is -2.55. The third-order valence-corrected chi connectivity index (χ3v) is 9.92. The van der Waals surface area contributed by atoms with E-state index in [0.717, 1.165) is 57.8 Å². The minimum absolute atomic E-state index is 0.116. The third-order valence-electron chi connectivity index (χ3n) is 9.92. The minimum atomic E-state index is -0.807.